The maximum Gasteiger partial charge on any atom is 0.338 e. The van der Waals surface area contributed by atoms with Gasteiger partial charge in [0.1, 0.15) is 0 Å². The van der Waals surface area contributed by atoms with E-state index in [9.17, 15) is 19.7 Å². The Morgan fingerprint density at radius 3 is 2.52 bits per heavy atom. The molecule has 0 aliphatic carbocycles. The average molecular weight is 370 g/mol. The first kappa shape index (κ1) is 20.1. The number of nitro benzene ring substituents is 1. The molecule has 0 aromatic heterocycles. The lowest BCUT2D eigenvalue weighted by Gasteiger charge is -2.14. The number of carbonyl (C=O) groups excluding carboxylic acids is 2. The van der Waals surface area contributed by atoms with Crippen molar-refractivity contribution in [3.63, 3.8) is 0 Å². The molecule has 0 saturated heterocycles. The summed E-state index contributed by atoms with van der Waals surface area (Å²) >= 11 is 0. The molecule has 2 aromatic rings. The van der Waals surface area contributed by atoms with E-state index in [1.54, 1.807) is 0 Å². The Hall–Kier alpha value is -3.22. The maximum atomic E-state index is 12.0. The number of aryl methyl sites for hydroxylation is 2. The smallest absolute Gasteiger partial charge is 0.338 e. The Balaban J connectivity index is 1.78. The maximum absolute atomic E-state index is 12.0. The standard InChI is InChI=1S/C20H22N2O5/c1-14-12-17(10-11-18(14)22(25)26)20(24)27-13-19(23)21-15(2)8-9-16-6-4-3-5-7-16/h3-7,10-12,15H,8-9,13H2,1-2H3,(H,21,23). The van der Waals surface area contributed by atoms with Crippen molar-refractivity contribution < 1.29 is 19.2 Å². The third-order valence-corrected chi connectivity index (χ3v) is 4.08. The molecule has 0 radical (unpaired) electrons. The number of amides is 1. The minimum absolute atomic E-state index is 0.0574. The first-order chi connectivity index (χ1) is 12.9. The topological polar surface area (TPSA) is 98.5 Å². The molecule has 0 aliphatic heterocycles. The fraction of sp³-hybridized carbons (Fsp3) is 0.300. The zero-order chi connectivity index (χ0) is 19.8. The molecule has 1 atom stereocenters. The summed E-state index contributed by atoms with van der Waals surface area (Å²) in [6.45, 7) is 3.03. The number of hydrogen-bond donors (Lipinski definition) is 1. The lowest BCUT2D eigenvalue weighted by molar-refractivity contribution is -0.385. The molecule has 0 aliphatic rings. The van der Waals surface area contributed by atoms with Crippen molar-refractivity contribution in [2.24, 2.45) is 0 Å². The van der Waals surface area contributed by atoms with Gasteiger partial charge in [0, 0.05) is 17.7 Å². The van der Waals surface area contributed by atoms with Gasteiger partial charge < -0.3 is 10.1 Å². The predicted octanol–water partition coefficient (Wildman–Crippen LogP) is 3.20. The van der Waals surface area contributed by atoms with E-state index in [-0.39, 0.29) is 23.2 Å². The monoisotopic (exact) mass is 370 g/mol. The van der Waals surface area contributed by atoms with Gasteiger partial charge in [-0.15, -0.1) is 0 Å². The van der Waals surface area contributed by atoms with Crippen LogP contribution >= 0.6 is 0 Å². The Bertz CT molecular complexity index is 820. The zero-order valence-electron chi connectivity index (χ0n) is 15.3. The van der Waals surface area contributed by atoms with Crippen LogP contribution in [0, 0.1) is 17.0 Å². The summed E-state index contributed by atoms with van der Waals surface area (Å²) in [5, 5.41) is 13.6. The SMILES string of the molecule is Cc1cc(C(=O)OCC(=O)NC(C)CCc2ccccc2)ccc1[N+](=O)[O-]. The van der Waals surface area contributed by atoms with Crippen LogP contribution in [0.15, 0.2) is 48.5 Å². The van der Waals surface area contributed by atoms with Crippen molar-refractivity contribution in [3.05, 3.63) is 75.3 Å². The summed E-state index contributed by atoms with van der Waals surface area (Å²) in [4.78, 5) is 34.2. The number of carbonyl (C=O) groups is 2. The highest BCUT2D eigenvalue weighted by atomic mass is 16.6. The molecule has 0 fully saturated rings. The van der Waals surface area contributed by atoms with Crippen LogP contribution in [0.3, 0.4) is 0 Å². The Kier molecular flexibility index (Phi) is 7.05. The van der Waals surface area contributed by atoms with Gasteiger partial charge in [0.05, 0.1) is 10.5 Å². The second-order valence-electron chi connectivity index (χ2n) is 6.33. The Labute approximate surface area is 157 Å². The summed E-state index contributed by atoms with van der Waals surface area (Å²) in [6.07, 6.45) is 1.61. The van der Waals surface area contributed by atoms with Crippen molar-refractivity contribution in [2.45, 2.75) is 32.7 Å². The van der Waals surface area contributed by atoms with Crippen LogP contribution in [0.25, 0.3) is 0 Å². The van der Waals surface area contributed by atoms with Gasteiger partial charge in [-0.3, -0.25) is 14.9 Å². The van der Waals surface area contributed by atoms with E-state index >= 15 is 0 Å². The van der Waals surface area contributed by atoms with Crippen LogP contribution < -0.4 is 5.32 Å². The summed E-state index contributed by atoms with van der Waals surface area (Å²) < 4.78 is 4.99. The van der Waals surface area contributed by atoms with Gasteiger partial charge in [0.2, 0.25) is 0 Å². The van der Waals surface area contributed by atoms with E-state index in [1.165, 1.54) is 30.7 Å². The highest BCUT2D eigenvalue weighted by molar-refractivity contribution is 5.91. The molecule has 1 amide bonds. The molecule has 0 bridgehead atoms. The summed E-state index contributed by atoms with van der Waals surface area (Å²) in [5.41, 5.74) is 1.64. The van der Waals surface area contributed by atoms with Crippen LogP contribution in [0.5, 0.6) is 0 Å². The highest BCUT2D eigenvalue weighted by Crippen LogP contribution is 2.19. The minimum Gasteiger partial charge on any atom is -0.452 e. The number of rotatable bonds is 8. The van der Waals surface area contributed by atoms with Gasteiger partial charge in [-0.25, -0.2) is 4.79 Å². The number of nitrogens with one attached hydrogen (secondary N) is 1. The van der Waals surface area contributed by atoms with Crippen LogP contribution in [0.2, 0.25) is 0 Å². The molecule has 27 heavy (non-hydrogen) atoms. The molecule has 2 aromatic carbocycles. The Morgan fingerprint density at radius 2 is 1.89 bits per heavy atom. The molecule has 1 unspecified atom stereocenters. The zero-order valence-corrected chi connectivity index (χ0v) is 15.3. The van der Waals surface area contributed by atoms with E-state index < -0.39 is 17.5 Å². The van der Waals surface area contributed by atoms with Gasteiger partial charge in [0.15, 0.2) is 6.61 Å². The van der Waals surface area contributed by atoms with E-state index in [4.69, 9.17) is 4.74 Å². The Morgan fingerprint density at radius 1 is 1.19 bits per heavy atom. The second kappa shape index (κ2) is 9.47. The van der Waals surface area contributed by atoms with Crippen molar-refractivity contribution in [1.82, 2.24) is 5.32 Å². The third kappa shape index (κ3) is 6.22. The summed E-state index contributed by atoms with van der Waals surface area (Å²) in [7, 11) is 0. The van der Waals surface area contributed by atoms with Crippen LogP contribution in [0.4, 0.5) is 5.69 Å². The average Bonchev–Trinajstić information content (AvgIpc) is 2.65. The van der Waals surface area contributed by atoms with Gasteiger partial charge in [-0.2, -0.15) is 0 Å². The summed E-state index contributed by atoms with van der Waals surface area (Å²) in [6, 6.07) is 13.8. The molecule has 1 N–H and O–H groups in total. The van der Waals surface area contributed by atoms with Crippen molar-refractivity contribution in [3.8, 4) is 0 Å². The number of esters is 1. The highest BCUT2D eigenvalue weighted by Gasteiger charge is 2.16. The minimum atomic E-state index is -0.694. The van der Waals surface area contributed by atoms with Gasteiger partial charge in [-0.1, -0.05) is 30.3 Å². The van der Waals surface area contributed by atoms with Crippen molar-refractivity contribution in [1.29, 1.82) is 0 Å². The quantitative estimate of drug-likeness (QED) is 0.437. The number of nitrogens with zero attached hydrogens (tertiary/aromatic N) is 1. The number of ether oxygens (including phenoxy) is 1. The van der Waals surface area contributed by atoms with E-state index in [1.807, 2.05) is 37.3 Å². The normalized spacial score (nSPS) is 11.5. The van der Waals surface area contributed by atoms with Gasteiger partial charge in [-0.05, 0) is 44.4 Å². The molecule has 0 heterocycles. The fourth-order valence-electron chi connectivity index (χ4n) is 2.62. The van der Waals surface area contributed by atoms with Crippen LogP contribution in [-0.4, -0.2) is 29.4 Å². The van der Waals surface area contributed by atoms with E-state index in [2.05, 4.69) is 5.32 Å². The predicted molar refractivity (Wildman–Crippen MR) is 100 cm³/mol. The number of nitro groups is 1. The number of benzene rings is 2. The fourth-order valence-corrected chi connectivity index (χ4v) is 2.62. The number of hydrogen-bond acceptors (Lipinski definition) is 5. The lowest BCUT2D eigenvalue weighted by Crippen LogP contribution is -2.36. The molecule has 0 spiro atoms. The second-order valence-corrected chi connectivity index (χ2v) is 6.33. The molecular weight excluding hydrogens is 348 g/mol. The van der Waals surface area contributed by atoms with E-state index in [0.717, 1.165) is 12.8 Å². The van der Waals surface area contributed by atoms with Crippen LogP contribution in [0.1, 0.15) is 34.8 Å². The largest absolute Gasteiger partial charge is 0.452 e. The molecule has 0 saturated carbocycles. The molecular formula is C20H22N2O5. The molecule has 142 valence electrons. The lowest BCUT2D eigenvalue weighted by atomic mass is 10.1. The van der Waals surface area contributed by atoms with Crippen LogP contribution in [-0.2, 0) is 16.0 Å². The molecule has 7 nitrogen and oxygen atoms in total. The molecule has 7 heteroatoms. The van der Waals surface area contributed by atoms with E-state index in [0.29, 0.717) is 5.56 Å². The van der Waals surface area contributed by atoms with Gasteiger partial charge >= 0.3 is 5.97 Å². The van der Waals surface area contributed by atoms with Crippen molar-refractivity contribution >= 4 is 17.6 Å². The molecule has 2 rings (SSSR count). The van der Waals surface area contributed by atoms with Crippen molar-refractivity contribution in [2.75, 3.05) is 6.61 Å². The summed E-state index contributed by atoms with van der Waals surface area (Å²) in [5.74, 6) is -1.08. The van der Waals surface area contributed by atoms with Gasteiger partial charge in [0.25, 0.3) is 11.6 Å². The first-order valence-electron chi connectivity index (χ1n) is 8.62. The third-order valence-electron chi connectivity index (χ3n) is 4.08. The first-order valence-corrected chi connectivity index (χ1v) is 8.62.